The second-order valence-corrected chi connectivity index (χ2v) is 6.03. The van der Waals surface area contributed by atoms with Crippen LogP contribution in [0.5, 0.6) is 5.75 Å². The van der Waals surface area contributed by atoms with E-state index in [0.717, 1.165) is 5.56 Å². The van der Waals surface area contributed by atoms with E-state index in [-0.39, 0.29) is 5.91 Å². The fourth-order valence-electron chi connectivity index (χ4n) is 2.82. The zero-order valence-corrected chi connectivity index (χ0v) is 14.5. The zero-order chi connectivity index (χ0) is 18.2. The predicted octanol–water partition coefficient (Wildman–Crippen LogP) is 2.25. The monoisotopic (exact) mass is 354 g/mol. The molecule has 1 fully saturated rings. The Morgan fingerprint density at radius 2 is 1.62 bits per heavy atom. The van der Waals surface area contributed by atoms with Crippen LogP contribution in [0.15, 0.2) is 60.7 Å². The van der Waals surface area contributed by atoms with Crippen molar-refractivity contribution in [1.82, 2.24) is 10.2 Å². The van der Waals surface area contributed by atoms with Gasteiger partial charge < -0.3 is 19.7 Å². The van der Waals surface area contributed by atoms with Gasteiger partial charge in [0.05, 0.1) is 13.2 Å². The fraction of sp³-hybridized carbons (Fsp3) is 0.300. The zero-order valence-electron chi connectivity index (χ0n) is 14.5. The lowest BCUT2D eigenvalue weighted by Gasteiger charge is -2.30. The van der Waals surface area contributed by atoms with Gasteiger partial charge in [0, 0.05) is 19.5 Å². The Kier molecular flexibility index (Phi) is 6.22. The van der Waals surface area contributed by atoms with Crippen molar-refractivity contribution in [2.75, 3.05) is 26.3 Å². The summed E-state index contributed by atoms with van der Waals surface area (Å²) >= 11 is 0. The third-order valence-electron chi connectivity index (χ3n) is 4.15. The van der Waals surface area contributed by atoms with Gasteiger partial charge in [0.15, 0.2) is 0 Å². The number of ether oxygens (including phenoxy) is 2. The maximum absolute atomic E-state index is 12.9. The Bertz CT molecular complexity index is 715. The first-order valence-corrected chi connectivity index (χ1v) is 8.66. The number of carbonyl (C=O) groups excluding carboxylic acids is 2. The average Bonchev–Trinajstić information content (AvgIpc) is 2.69. The molecular formula is C20H22N2O4. The van der Waals surface area contributed by atoms with Crippen molar-refractivity contribution in [2.24, 2.45) is 0 Å². The summed E-state index contributed by atoms with van der Waals surface area (Å²) in [6, 6.07) is 17.7. The molecule has 1 saturated heterocycles. The van der Waals surface area contributed by atoms with Gasteiger partial charge in [0.2, 0.25) is 5.91 Å². The van der Waals surface area contributed by atoms with Gasteiger partial charge in [-0.25, -0.2) is 4.79 Å². The highest BCUT2D eigenvalue weighted by molar-refractivity contribution is 5.86. The first-order chi connectivity index (χ1) is 12.7. The average molecular weight is 354 g/mol. The number of carbonyl (C=O) groups is 2. The van der Waals surface area contributed by atoms with E-state index in [1.165, 1.54) is 0 Å². The molecule has 0 spiro atoms. The molecule has 0 bridgehead atoms. The topological polar surface area (TPSA) is 67.9 Å². The summed E-state index contributed by atoms with van der Waals surface area (Å²) in [5.74, 6) is 0.310. The number of morpholine rings is 1. The minimum Gasteiger partial charge on any atom is -0.410 e. The maximum Gasteiger partial charge on any atom is 0.413 e. The third kappa shape index (κ3) is 5.07. The van der Waals surface area contributed by atoms with Crippen LogP contribution in [-0.2, 0) is 16.0 Å². The van der Waals surface area contributed by atoms with Crippen molar-refractivity contribution >= 4 is 12.0 Å². The van der Waals surface area contributed by atoms with Crippen LogP contribution in [-0.4, -0.2) is 49.2 Å². The van der Waals surface area contributed by atoms with E-state index in [0.29, 0.717) is 38.5 Å². The lowest BCUT2D eigenvalue weighted by molar-refractivity contribution is -0.137. The van der Waals surface area contributed by atoms with Gasteiger partial charge in [0.1, 0.15) is 11.8 Å². The van der Waals surface area contributed by atoms with E-state index in [2.05, 4.69) is 5.32 Å². The molecule has 0 unspecified atom stereocenters. The Balaban J connectivity index is 1.69. The summed E-state index contributed by atoms with van der Waals surface area (Å²) in [6.45, 7) is 2.08. The van der Waals surface area contributed by atoms with Crippen molar-refractivity contribution in [2.45, 2.75) is 12.5 Å². The number of amides is 2. The molecule has 0 aliphatic carbocycles. The highest BCUT2D eigenvalue weighted by Crippen LogP contribution is 2.11. The first-order valence-electron chi connectivity index (χ1n) is 8.66. The maximum atomic E-state index is 12.9. The van der Waals surface area contributed by atoms with Gasteiger partial charge >= 0.3 is 6.09 Å². The Labute approximate surface area is 152 Å². The van der Waals surface area contributed by atoms with Gasteiger partial charge in [0.25, 0.3) is 0 Å². The molecule has 1 aliphatic rings. The predicted molar refractivity (Wildman–Crippen MR) is 96.9 cm³/mol. The molecule has 2 amide bonds. The number of benzene rings is 2. The van der Waals surface area contributed by atoms with Crippen LogP contribution in [0.25, 0.3) is 0 Å². The summed E-state index contributed by atoms with van der Waals surface area (Å²) in [5, 5.41) is 2.72. The SMILES string of the molecule is O=C(N[C@@H](Cc1ccccc1)C(=O)N1CCOCC1)Oc1ccccc1. The molecule has 1 heterocycles. The first kappa shape index (κ1) is 17.9. The molecule has 6 nitrogen and oxygen atoms in total. The molecule has 6 heteroatoms. The van der Waals surface area contributed by atoms with Crippen LogP contribution >= 0.6 is 0 Å². The molecular weight excluding hydrogens is 332 g/mol. The molecule has 3 rings (SSSR count). The van der Waals surface area contributed by atoms with E-state index >= 15 is 0 Å². The molecule has 0 saturated carbocycles. The van der Waals surface area contributed by atoms with Crippen molar-refractivity contribution in [1.29, 1.82) is 0 Å². The molecule has 2 aromatic carbocycles. The number of para-hydroxylation sites is 1. The standard InChI is InChI=1S/C20H22N2O4/c23-19(22-11-13-25-14-12-22)18(15-16-7-3-1-4-8-16)21-20(24)26-17-9-5-2-6-10-17/h1-10,18H,11-15H2,(H,21,24)/t18-/m0/s1. The van der Waals surface area contributed by atoms with Crippen LogP contribution in [0.4, 0.5) is 4.79 Å². The van der Waals surface area contributed by atoms with Crippen LogP contribution in [0.1, 0.15) is 5.56 Å². The fourth-order valence-corrected chi connectivity index (χ4v) is 2.82. The van der Waals surface area contributed by atoms with Crippen molar-refractivity contribution in [3.8, 4) is 5.75 Å². The highest BCUT2D eigenvalue weighted by Gasteiger charge is 2.28. The molecule has 136 valence electrons. The van der Waals surface area contributed by atoms with Crippen molar-refractivity contribution < 1.29 is 19.1 Å². The van der Waals surface area contributed by atoms with Crippen LogP contribution < -0.4 is 10.1 Å². The summed E-state index contributed by atoms with van der Waals surface area (Å²) in [4.78, 5) is 26.9. The normalized spacial score (nSPS) is 15.2. The van der Waals surface area contributed by atoms with Crippen LogP contribution in [0.2, 0.25) is 0 Å². The van der Waals surface area contributed by atoms with Gasteiger partial charge in [-0.15, -0.1) is 0 Å². The number of nitrogens with one attached hydrogen (secondary N) is 1. The van der Waals surface area contributed by atoms with E-state index < -0.39 is 12.1 Å². The number of hydrogen-bond acceptors (Lipinski definition) is 4. The number of hydrogen-bond donors (Lipinski definition) is 1. The largest absolute Gasteiger partial charge is 0.413 e. The van der Waals surface area contributed by atoms with Crippen molar-refractivity contribution in [3.05, 3.63) is 66.2 Å². The second-order valence-electron chi connectivity index (χ2n) is 6.03. The molecule has 26 heavy (non-hydrogen) atoms. The molecule has 1 N–H and O–H groups in total. The summed E-state index contributed by atoms with van der Waals surface area (Å²) in [5.41, 5.74) is 0.971. The minimum atomic E-state index is -0.688. The molecule has 0 radical (unpaired) electrons. The number of rotatable bonds is 5. The molecule has 2 aromatic rings. The molecule has 0 aromatic heterocycles. The Morgan fingerprint density at radius 3 is 2.27 bits per heavy atom. The van der Waals surface area contributed by atoms with E-state index in [1.807, 2.05) is 36.4 Å². The summed E-state index contributed by atoms with van der Waals surface area (Å²) in [7, 11) is 0. The van der Waals surface area contributed by atoms with Crippen LogP contribution in [0.3, 0.4) is 0 Å². The van der Waals surface area contributed by atoms with Gasteiger partial charge in [-0.05, 0) is 17.7 Å². The van der Waals surface area contributed by atoms with E-state index in [9.17, 15) is 9.59 Å². The number of nitrogens with zero attached hydrogens (tertiary/aromatic N) is 1. The van der Waals surface area contributed by atoms with Crippen molar-refractivity contribution in [3.63, 3.8) is 0 Å². The third-order valence-corrected chi connectivity index (χ3v) is 4.15. The molecule has 1 atom stereocenters. The smallest absolute Gasteiger partial charge is 0.410 e. The second kappa shape index (κ2) is 9.01. The lowest BCUT2D eigenvalue weighted by Crippen LogP contribution is -2.53. The Hall–Kier alpha value is -2.86. The van der Waals surface area contributed by atoms with E-state index in [1.54, 1.807) is 29.2 Å². The summed E-state index contributed by atoms with van der Waals surface area (Å²) < 4.78 is 10.6. The van der Waals surface area contributed by atoms with Gasteiger partial charge in [-0.3, -0.25) is 4.79 Å². The highest BCUT2D eigenvalue weighted by atomic mass is 16.6. The molecule has 1 aliphatic heterocycles. The Morgan fingerprint density at radius 1 is 1.00 bits per heavy atom. The minimum absolute atomic E-state index is 0.123. The lowest BCUT2D eigenvalue weighted by atomic mass is 10.0. The summed E-state index contributed by atoms with van der Waals surface area (Å²) in [6.07, 6.45) is -0.236. The van der Waals surface area contributed by atoms with Gasteiger partial charge in [-0.1, -0.05) is 48.5 Å². The van der Waals surface area contributed by atoms with Gasteiger partial charge in [-0.2, -0.15) is 0 Å². The van der Waals surface area contributed by atoms with E-state index in [4.69, 9.17) is 9.47 Å². The quantitative estimate of drug-likeness (QED) is 0.894. The van der Waals surface area contributed by atoms with Crippen LogP contribution in [0, 0.1) is 0 Å².